The minimum atomic E-state index is 0.746. The first kappa shape index (κ1) is 19.3. The predicted octanol–water partition coefficient (Wildman–Crippen LogP) is 8.22. The second-order valence-electron chi connectivity index (χ2n) is 5.65. The monoisotopic (exact) mass is 454 g/mol. The molecule has 0 spiro atoms. The molecule has 0 radical (unpaired) electrons. The summed E-state index contributed by atoms with van der Waals surface area (Å²) in [5, 5.41) is 10.9. The summed E-state index contributed by atoms with van der Waals surface area (Å²) in [7, 11) is 0. The van der Waals surface area contributed by atoms with E-state index in [2.05, 4.69) is 45.2 Å². The average molecular weight is 455 g/mol. The van der Waals surface area contributed by atoms with Crippen molar-refractivity contribution in [2.45, 2.75) is 19.3 Å². The summed E-state index contributed by atoms with van der Waals surface area (Å²) in [6.07, 6.45) is 3.45. The lowest BCUT2D eigenvalue weighted by atomic mass is 10.1. The van der Waals surface area contributed by atoms with Gasteiger partial charge in [-0.3, -0.25) is 0 Å². The first-order valence-electron chi connectivity index (χ1n) is 8.34. The zero-order valence-corrected chi connectivity index (χ0v) is 18.9. The average Bonchev–Trinajstić information content (AvgIpc) is 3.45. The largest absolute Gasteiger partial charge is 0.376 e. The standard InChI is InChI=1S/C19H18OS6/c1(4-14-6-9-22-17(14)16-5-3-8-21-16)2-7-20-12-15-13-25-19(26-15)18-23-10-11-24-18/h3,5-6,8-11,13H,1-2,4,7,12H2. The van der Waals surface area contributed by atoms with Gasteiger partial charge in [0.05, 0.1) is 15.1 Å². The van der Waals surface area contributed by atoms with Crippen LogP contribution < -0.4 is 0 Å². The molecule has 2 aliphatic rings. The fourth-order valence-electron chi connectivity index (χ4n) is 2.59. The molecule has 4 heterocycles. The maximum Gasteiger partial charge on any atom is 0.0784 e. The molecule has 2 aromatic rings. The maximum atomic E-state index is 5.90. The fraction of sp³-hybridized carbons (Fsp3) is 0.263. The summed E-state index contributed by atoms with van der Waals surface area (Å²) in [5.74, 6) is 0. The van der Waals surface area contributed by atoms with Crippen molar-refractivity contribution >= 4 is 69.7 Å². The molecule has 0 amide bonds. The molecule has 0 saturated carbocycles. The van der Waals surface area contributed by atoms with Crippen molar-refractivity contribution in [1.82, 2.24) is 0 Å². The molecule has 26 heavy (non-hydrogen) atoms. The smallest absolute Gasteiger partial charge is 0.0784 e. The van der Waals surface area contributed by atoms with Crippen LogP contribution in [0.2, 0.25) is 0 Å². The van der Waals surface area contributed by atoms with Gasteiger partial charge in [-0.05, 0) is 63.9 Å². The van der Waals surface area contributed by atoms with Crippen molar-refractivity contribution in [3.05, 3.63) is 64.1 Å². The Morgan fingerprint density at radius 3 is 2.65 bits per heavy atom. The van der Waals surface area contributed by atoms with Crippen LogP contribution >= 0.6 is 69.7 Å². The van der Waals surface area contributed by atoms with Crippen LogP contribution in [-0.4, -0.2) is 13.2 Å². The van der Waals surface area contributed by atoms with Gasteiger partial charge in [0.2, 0.25) is 0 Å². The number of hydrogen-bond donors (Lipinski definition) is 0. The van der Waals surface area contributed by atoms with Gasteiger partial charge < -0.3 is 4.74 Å². The predicted molar refractivity (Wildman–Crippen MR) is 126 cm³/mol. The SMILES string of the molecule is C1=CSC(=C2SC=C(COCCCCc3ccsc3-c3cccs3)S2)S1. The summed E-state index contributed by atoms with van der Waals surface area (Å²) in [4.78, 5) is 4.18. The van der Waals surface area contributed by atoms with Gasteiger partial charge in [-0.25, -0.2) is 0 Å². The Hall–Kier alpha value is -0.0200. The second-order valence-corrected chi connectivity index (χ2v) is 11.9. The minimum absolute atomic E-state index is 0.746. The van der Waals surface area contributed by atoms with Crippen LogP contribution in [0.1, 0.15) is 18.4 Å². The molecule has 0 aliphatic carbocycles. The summed E-state index contributed by atoms with van der Waals surface area (Å²) >= 11 is 11.0. The van der Waals surface area contributed by atoms with Gasteiger partial charge in [-0.15, -0.1) is 22.7 Å². The molecule has 136 valence electrons. The highest BCUT2D eigenvalue weighted by molar-refractivity contribution is 8.33. The molecular formula is C19H18OS6. The molecule has 7 heteroatoms. The highest BCUT2D eigenvalue weighted by atomic mass is 32.2. The Morgan fingerprint density at radius 1 is 0.885 bits per heavy atom. The van der Waals surface area contributed by atoms with Crippen LogP contribution in [0.4, 0.5) is 0 Å². The summed E-state index contributed by atoms with van der Waals surface area (Å²) in [5.41, 5.74) is 1.49. The molecule has 4 rings (SSSR count). The lowest BCUT2D eigenvalue weighted by molar-refractivity contribution is 0.156. The van der Waals surface area contributed by atoms with E-state index in [1.165, 1.54) is 35.1 Å². The van der Waals surface area contributed by atoms with Gasteiger partial charge in [-0.1, -0.05) is 53.1 Å². The Bertz CT molecular complexity index is 805. The maximum absolute atomic E-state index is 5.90. The quantitative estimate of drug-likeness (QED) is 0.370. The molecule has 0 saturated heterocycles. The third-order valence-corrected chi connectivity index (χ3v) is 10.9. The topological polar surface area (TPSA) is 9.23 Å². The van der Waals surface area contributed by atoms with E-state index in [0.717, 1.165) is 26.1 Å². The van der Waals surface area contributed by atoms with Gasteiger partial charge >= 0.3 is 0 Å². The van der Waals surface area contributed by atoms with Crippen LogP contribution in [0.15, 0.2) is 58.6 Å². The lowest BCUT2D eigenvalue weighted by Crippen LogP contribution is -1.98. The van der Waals surface area contributed by atoms with E-state index < -0.39 is 0 Å². The molecule has 0 aromatic carbocycles. The first-order chi connectivity index (χ1) is 12.9. The zero-order valence-electron chi connectivity index (χ0n) is 14.0. The van der Waals surface area contributed by atoms with Crippen molar-refractivity contribution in [2.75, 3.05) is 13.2 Å². The van der Waals surface area contributed by atoms with Crippen molar-refractivity contribution in [3.8, 4) is 9.75 Å². The van der Waals surface area contributed by atoms with E-state index >= 15 is 0 Å². The van der Waals surface area contributed by atoms with E-state index in [0.29, 0.717) is 0 Å². The van der Waals surface area contributed by atoms with Crippen LogP contribution in [0.5, 0.6) is 0 Å². The normalized spacial score (nSPS) is 16.7. The van der Waals surface area contributed by atoms with E-state index in [-0.39, 0.29) is 0 Å². The molecule has 0 bridgehead atoms. The van der Waals surface area contributed by atoms with Gasteiger partial charge in [0, 0.05) is 21.3 Å². The fourth-order valence-corrected chi connectivity index (χ4v) is 8.87. The van der Waals surface area contributed by atoms with Crippen molar-refractivity contribution in [1.29, 1.82) is 0 Å². The Balaban J connectivity index is 1.14. The van der Waals surface area contributed by atoms with Gasteiger partial charge in [0.25, 0.3) is 0 Å². The van der Waals surface area contributed by atoms with Gasteiger partial charge in [0.15, 0.2) is 0 Å². The number of ether oxygens (including phenoxy) is 1. The lowest BCUT2D eigenvalue weighted by Gasteiger charge is -2.06. The molecule has 0 fully saturated rings. The summed E-state index contributed by atoms with van der Waals surface area (Å²) in [6, 6.07) is 6.63. The van der Waals surface area contributed by atoms with E-state index in [4.69, 9.17) is 4.74 Å². The van der Waals surface area contributed by atoms with Crippen molar-refractivity contribution < 1.29 is 4.74 Å². The number of aryl methyl sites for hydroxylation is 1. The third-order valence-electron chi connectivity index (χ3n) is 3.81. The van der Waals surface area contributed by atoms with Gasteiger partial charge in [-0.2, -0.15) is 0 Å². The Kier molecular flexibility index (Phi) is 7.39. The summed E-state index contributed by atoms with van der Waals surface area (Å²) < 4.78 is 8.71. The van der Waals surface area contributed by atoms with E-state index in [1.807, 2.05) is 69.7 Å². The molecule has 1 nitrogen and oxygen atoms in total. The molecule has 2 aliphatic heterocycles. The molecule has 0 N–H and O–H groups in total. The third kappa shape index (κ3) is 5.07. The minimum Gasteiger partial charge on any atom is -0.376 e. The highest BCUT2D eigenvalue weighted by Crippen LogP contribution is 2.53. The molecule has 2 aromatic heterocycles. The summed E-state index contributed by atoms with van der Waals surface area (Å²) in [6.45, 7) is 1.59. The van der Waals surface area contributed by atoms with Crippen LogP contribution in [0, 0.1) is 0 Å². The molecular weight excluding hydrogens is 437 g/mol. The highest BCUT2D eigenvalue weighted by Gasteiger charge is 2.18. The number of hydrogen-bond acceptors (Lipinski definition) is 7. The van der Waals surface area contributed by atoms with Crippen LogP contribution in [0.25, 0.3) is 9.75 Å². The number of thioether (sulfide) groups is 4. The van der Waals surface area contributed by atoms with Crippen molar-refractivity contribution in [2.24, 2.45) is 0 Å². The molecule has 0 unspecified atom stereocenters. The molecule has 0 atom stereocenters. The first-order valence-corrected chi connectivity index (χ1v) is 13.6. The van der Waals surface area contributed by atoms with Crippen molar-refractivity contribution in [3.63, 3.8) is 0 Å². The Labute approximate surface area is 179 Å². The zero-order chi connectivity index (χ0) is 17.6. The Morgan fingerprint density at radius 2 is 1.81 bits per heavy atom. The number of thiophene rings is 2. The van der Waals surface area contributed by atoms with Crippen LogP contribution in [-0.2, 0) is 11.2 Å². The van der Waals surface area contributed by atoms with E-state index in [1.54, 1.807) is 0 Å². The van der Waals surface area contributed by atoms with Gasteiger partial charge in [0.1, 0.15) is 0 Å². The van der Waals surface area contributed by atoms with E-state index in [9.17, 15) is 0 Å². The number of unbranched alkanes of at least 4 members (excludes halogenated alkanes) is 1. The number of rotatable bonds is 8. The van der Waals surface area contributed by atoms with Crippen LogP contribution in [0.3, 0.4) is 0 Å². The second kappa shape index (κ2) is 9.96.